The summed E-state index contributed by atoms with van der Waals surface area (Å²) in [6, 6.07) is 12.1. The van der Waals surface area contributed by atoms with Crippen molar-refractivity contribution in [3.63, 3.8) is 0 Å². The standard InChI is InChI=1S/C19H20ClN5.2ClH/c20-16-11-15-10-14(18-9-13(12-21)3-4-23-18)1-2-17(15)24-19(16)25-7-5-22-6-8-25;;/h1-4,9-11,22H,5-8,12,21H2;2*1H. The SMILES string of the molecule is Cl.Cl.NCc1ccnc(-c2ccc3nc(N4CCNCC4)c(Cl)cc3c2)c1. The van der Waals surface area contributed by atoms with E-state index in [1.54, 1.807) is 6.20 Å². The highest BCUT2D eigenvalue weighted by atomic mass is 35.5. The number of aromatic nitrogens is 2. The minimum Gasteiger partial charge on any atom is -0.353 e. The molecule has 1 fully saturated rings. The van der Waals surface area contributed by atoms with E-state index in [2.05, 4.69) is 21.3 Å². The number of halogens is 3. The van der Waals surface area contributed by atoms with Gasteiger partial charge in [0.1, 0.15) is 5.82 Å². The summed E-state index contributed by atoms with van der Waals surface area (Å²) in [6.07, 6.45) is 1.79. The maximum absolute atomic E-state index is 6.53. The molecule has 0 radical (unpaired) electrons. The molecule has 144 valence electrons. The second-order valence-electron chi connectivity index (χ2n) is 6.19. The lowest BCUT2D eigenvalue weighted by molar-refractivity contribution is 0.585. The first-order chi connectivity index (χ1) is 12.2. The highest BCUT2D eigenvalue weighted by Gasteiger charge is 2.16. The van der Waals surface area contributed by atoms with E-state index in [0.29, 0.717) is 11.6 Å². The molecule has 4 rings (SSSR count). The highest BCUT2D eigenvalue weighted by molar-refractivity contribution is 6.33. The summed E-state index contributed by atoms with van der Waals surface area (Å²) >= 11 is 6.53. The van der Waals surface area contributed by atoms with Crippen LogP contribution in [0.15, 0.2) is 42.6 Å². The van der Waals surface area contributed by atoms with Gasteiger partial charge in [-0.2, -0.15) is 0 Å². The zero-order valence-corrected chi connectivity index (χ0v) is 17.1. The fourth-order valence-electron chi connectivity index (χ4n) is 3.16. The van der Waals surface area contributed by atoms with Crippen LogP contribution in [-0.4, -0.2) is 36.1 Å². The Kier molecular flexibility index (Phi) is 7.65. The lowest BCUT2D eigenvalue weighted by Gasteiger charge is -2.29. The van der Waals surface area contributed by atoms with Crippen LogP contribution in [0.25, 0.3) is 22.2 Å². The molecular weight excluding hydrogens is 405 g/mol. The number of benzene rings is 1. The van der Waals surface area contributed by atoms with Crippen molar-refractivity contribution in [2.24, 2.45) is 5.73 Å². The maximum atomic E-state index is 6.53. The smallest absolute Gasteiger partial charge is 0.148 e. The van der Waals surface area contributed by atoms with Gasteiger partial charge in [0.25, 0.3) is 0 Å². The average Bonchev–Trinajstić information content (AvgIpc) is 2.67. The molecule has 3 heterocycles. The highest BCUT2D eigenvalue weighted by Crippen LogP contribution is 2.30. The minimum atomic E-state index is 0. The Hall–Kier alpha value is -1.63. The topological polar surface area (TPSA) is 67.1 Å². The largest absolute Gasteiger partial charge is 0.353 e. The van der Waals surface area contributed by atoms with Crippen molar-refractivity contribution in [1.29, 1.82) is 0 Å². The number of nitrogens with two attached hydrogens (primary N) is 1. The molecule has 0 atom stereocenters. The molecule has 0 amide bonds. The van der Waals surface area contributed by atoms with Gasteiger partial charge in [-0.3, -0.25) is 4.98 Å². The predicted molar refractivity (Wildman–Crippen MR) is 117 cm³/mol. The summed E-state index contributed by atoms with van der Waals surface area (Å²) in [5, 5.41) is 5.05. The summed E-state index contributed by atoms with van der Waals surface area (Å²) < 4.78 is 0. The fourth-order valence-corrected chi connectivity index (χ4v) is 3.44. The zero-order valence-electron chi connectivity index (χ0n) is 14.7. The quantitative estimate of drug-likeness (QED) is 0.669. The van der Waals surface area contributed by atoms with Gasteiger partial charge in [-0.1, -0.05) is 17.7 Å². The van der Waals surface area contributed by atoms with Crippen molar-refractivity contribution < 1.29 is 0 Å². The molecule has 8 heteroatoms. The van der Waals surface area contributed by atoms with Gasteiger partial charge >= 0.3 is 0 Å². The van der Waals surface area contributed by atoms with Crippen molar-refractivity contribution in [3.05, 3.63) is 53.2 Å². The van der Waals surface area contributed by atoms with Gasteiger partial charge in [-0.25, -0.2) is 4.98 Å². The second-order valence-corrected chi connectivity index (χ2v) is 6.60. The van der Waals surface area contributed by atoms with Gasteiger partial charge in [0, 0.05) is 49.9 Å². The second kappa shape index (κ2) is 9.53. The molecule has 0 aliphatic carbocycles. The Morgan fingerprint density at radius 1 is 1.07 bits per heavy atom. The summed E-state index contributed by atoms with van der Waals surface area (Å²) in [6.45, 7) is 4.26. The minimum absolute atomic E-state index is 0. The third kappa shape index (κ3) is 4.62. The summed E-state index contributed by atoms with van der Waals surface area (Å²) in [5.74, 6) is 0.867. The molecule has 1 aromatic carbocycles. The van der Waals surface area contributed by atoms with Gasteiger partial charge in [-0.05, 0) is 35.9 Å². The average molecular weight is 427 g/mol. The van der Waals surface area contributed by atoms with Gasteiger partial charge < -0.3 is 16.0 Å². The van der Waals surface area contributed by atoms with E-state index in [1.807, 2.05) is 30.3 Å². The van der Waals surface area contributed by atoms with Crippen LogP contribution in [0.2, 0.25) is 5.02 Å². The maximum Gasteiger partial charge on any atom is 0.148 e. The number of fused-ring (bicyclic) bond motifs is 1. The number of piperazine rings is 1. The van der Waals surface area contributed by atoms with Crippen LogP contribution in [0.1, 0.15) is 5.56 Å². The van der Waals surface area contributed by atoms with Crippen LogP contribution < -0.4 is 16.0 Å². The normalized spacial score (nSPS) is 13.8. The van der Waals surface area contributed by atoms with E-state index < -0.39 is 0 Å². The lowest BCUT2D eigenvalue weighted by Crippen LogP contribution is -2.44. The van der Waals surface area contributed by atoms with Crippen LogP contribution in [-0.2, 0) is 6.54 Å². The molecule has 0 saturated carbocycles. The number of rotatable bonds is 3. The van der Waals surface area contributed by atoms with Crippen LogP contribution in [0.4, 0.5) is 5.82 Å². The van der Waals surface area contributed by atoms with E-state index in [4.69, 9.17) is 22.3 Å². The third-order valence-electron chi connectivity index (χ3n) is 4.52. The molecule has 3 N–H and O–H groups in total. The molecule has 1 saturated heterocycles. The Labute approximate surface area is 176 Å². The van der Waals surface area contributed by atoms with Crippen molar-refractivity contribution >= 4 is 53.1 Å². The summed E-state index contributed by atoms with van der Waals surface area (Å²) in [5.41, 5.74) is 9.68. The molecule has 1 aliphatic heterocycles. The zero-order chi connectivity index (χ0) is 17.2. The van der Waals surface area contributed by atoms with Gasteiger partial charge in [-0.15, -0.1) is 24.8 Å². The van der Waals surface area contributed by atoms with E-state index in [-0.39, 0.29) is 24.8 Å². The van der Waals surface area contributed by atoms with Crippen LogP contribution >= 0.6 is 36.4 Å². The Balaban J connectivity index is 0.00000131. The number of nitrogens with zero attached hydrogens (tertiary/aromatic N) is 3. The Bertz CT molecular complexity index is 913. The monoisotopic (exact) mass is 425 g/mol. The number of hydrogen-bond acceptors (Lipinski definition) is 5. The Morgan fingerprint density at radius 2 is 1.85 bits per heavy atom. The predicted octanol–water partition coefficient (Wildman–Crippen LogP) is 3.66. The Morgan fingerprint density at radius 3 is 2.59 bits per heavy atom. The molecule has 2 aromatic heterocycles. The van der Waals surface area contributed by atoms with E-state index in [1.165, 1.54) is 0 Å². The third-order valence-corrected chi connectivity index (χ3v) is 4.80. The number of anilines is 1. The van der Waals surface area contributed by atoms with E-state index >= 15 is 0 Å². The summed E-state index contributed by atoms with van der Waals surface area (Å²) in [7, 11) is 0. The van der Waals surface area contributed by atoms with Gasteiger partial charge in [0.15, 0.2) is 0 Å². The summed E-state index contributed by atoms with van der Waals surface area (Å²) in [4.78, 5) is 11.5. The number of hydrogen-bond donors (Lipinski definition) is 2. The first kappa shape index (κ1) is 21.7. The number of nitrogens with one attached hydrogen (secondary N) is 1. The van der Waals surface area contributed by atoms with E-state index in [0.717, 1.165) is 59.7 Å². The molecule has 0 unspecified atom stereocenters. The van der Waals surface area contributed by atoms with Crippen LogP contribution in [0, 0.1) is 0 Å². The molecule has 1 aliphatic rings. The molecule has 0 spiro atoms. The number of pyridine rings is 2. The van der Waals surface area contributed by atoms with E-state index in [9.17, 15) is 0 Å². The van der Waals surface area contributed by atoms with Crippen molar-refractivity contribution in [3.8, 4) is 11.3 Å². The van der Waals surface area contributed by atoms with Crippen molar-refractivity contribution in [2.75, 3.05) is 31.1 Å². The fraction of sp³-hybridized carbons (Fsp3) is 0.263. The molecular formula is C19H22Cl3N5. The van der Waals surface area contributed by atoms with Gasteiger partial charge in [0.2, 0.25) is 0 Å². The van der Waals surface area contributed by atoms with Crippen LogP contribution in [0.5, 0.6) is 0 Å². The lowest BCUT2D eigenvalue weighted by atomic mass is 10.1. The molecule has 27 heavy (non-hydrogen) atoms. The first-order valence-electron chi connectivity index (χ1n) is 8.46. The van der Waals surface area contributed by atoms with Gasteiger partial charge in [0.05, 0.1) is 16.2 Å². The molecule has 3 aromatic rings. The molecule has 0 bridgehead atoms. The molecule has 5 nitrogen and oxygen atoms in total. The van der Waals surface area contributed by atoms with Crippen molar-refractivity contribution in [1.82, 2.24) is 15.3 Å². The first-order valence-corrected chi connectivity index (χ1v) is 8.84. The van der Waals surface area contributed by atoms with Crippen molar-refractivity contribution in [2.45, 2.75) is 6.54 Å². The van der Waals surface area contributed by atoms with Crippen LogP contribution in [0.3, 0.4) is 0 Å².